The molecule has 0 radical (unpaired) electrons. The zero-order valence-corrected chi connectivity index (χ0v) is 24.6. The number of nitrogen functional groups attached to an aromatic ring is 2. The fraction of sp³-hybridized carbons (Fsp3) is 0.500. The summed E-state index contributed by atoms with van der Waals surface area (Å²) < 4.78 is 82.0. The van der Waals surface area contributed by atoms with Crippen LogP contribution in [0.25, 0.3) is 22.3 Å². The van der Waals surface area contributed by atoms with Gasteiger partial charge in [0.1, 0.15) is 24.4 Å². The van der Waals surface area contributed by atoms with Gasteiger partial charge in [-0.1, -0.05) is 0 Å². The smallest absolute Gasteiger partial charge is 0.369 e. The van der Waals surface area contributed by atoms with E-state index in [0.717, 1.165) is 21.8 Å². The second-order valence-electron chi connectivity index (χ2n) is 10.5. The Morgan fingerprint density at radius 1 is 0.783 bits per heavy atom. The molecule has 3 aliphatic rings. The Morgan fingerprint density at radius 3 is 1.57 bits per heavy atom. The van der Waals surface area contributed by atoms with E-state index in [2.05, 4.69) is 40.1 Å². The molecule has 3 saturated heterocycles. The van der Waals surface area contributed by atoms with Crippen molar-refractivity contribution in [3.8, 4) is 0 Å². The summed E-state index contributed by atoms with van der Waals surface area (Å²) in [5.74, 6) is -0.619. The number of nitrogens with zero attached hydrogens (tertiary/aromatic N) is 6. The summed E-state index contributed by atoms with van der Waals surface area (Å²) >= 11 is 0. The predicted octanol–water partition coefficient (Wildman–Crippen LogP) is -1.95. The van der Waals surface area contributed by atoms with Gasteiger partial charge in [0, 0.05) is 13.1 Å². The lowest BCUT2D eigenvalue weighted by Crippen LogP contribution is -2.43. The third-order valence-electron chi connectivity index (χ3n) is 7.50. The number of halogens is 2. The van der Waals surface area contributed by atoms with Crippen molar-refractivity contribution in [2.75, 3.05) is 24.6 Å². The molecule has 7 rings (SSSR count). The number of rotatable bonds is 2. The molecule has 0 amide bonds. The summed E-state index contributed by atoms with van der Waals surface area (Å²) in [6, 6.07) is 0. The van der Waals surface area contributed by atoms with Crippen LogP contribution in [-0.4, -0.2) is 98.7 Å². The number of alkyl halides is 2. The molecule has 4 aromatic heterocycles. The summed E-state index contributed by atoms with van der Waals surface area (Å²) in [6.45, 7) is -1.43. The van der Waals surface area contributed by atoms with Crippen molar-refractivity contribution < 1.29 is 46.2 Å². The summed E-state index contributed by atoms with van der Waals surface area (Å²) in [6.07, 6.45) is -12.5. The Kier molecular flexibility index (Phi) is 7.36. The molecule has 3 fully saturated rings. The molecule has 3 aliphatic heterocycles. The number of hydrogen-bond acceptors (Lipinski definition) is 14. The van der Waals surface area contributed by atoms with Crippen LogP contribution in [0.2, 0.25) is 0 Å². The number of fused-ring (bicyclic) bond motifs is 4. The van der Waals surface area contributed by atoms with Gasteiger partial charge in [0.15, 0.2) is 47.1 Å². The maximum atomic E-state index is 15.9. The monoisotopic (exact) mass is 692 g/mol. The Balaban J connectivity index is 1.18. The van der Waals surface area contributed by atoms with E-state index in [0.29, 0.717) is 0 Å². The van der Waals surface area contributed by atoms with E-state index in [9.17, 15) is 28.5 Å². The van der Waals surface area contributed by atoms with Gasteiger partial charge in [0.2, 0.25) is 11.9 Å². The number of imidazole rings is 2. The quantitative estimate of drug-likeness (QED) is 0.106. The Bertz CT molecular complexity index is 1910. The van der Waals surface area contributed by atoms with Crippen molar-refractivity contribution in [3.63, 3.8) is 0 Å². The Hall–Kier alpha value is -3.70. The van der Waals surface area contributed by atoms with Crippen molar-refractivity contribution in [1.82, 2.24) is 49.2 Å². The fourth-order valence-electron chi connectivity index (χ4n) is 5.49. The van der Waals surface area contributed by atoms with E-state index in [-0.39, 0.29) is 34.2 Å². The lowest BCUT2D eigenvalue weighted by atomic mass is 10.1. The van der Waals surface area contributed by atoms with Gasteiger partial charge in [0.25, 0.3) is 11.1 Å². The van der Waals surface area contributed by atoms with E-state index in [1.54, 1.807) is 0 Å². The van der Waals surface area contributed by atoms with Gasteiger partial charge in [-0.25, -0.2) is 38.1 Å². The summed E-state index contributed by atoms with van der Waals surface area (Å²) in [5.41, 5.74) is 8.98. The Morgan fingerprint density at radius 2 is 1.17 bits per heavy atom. The molecular weight excluding hydrogens is 668 g/mol. The van der Waals surface area contributed by atoms with Gasteiger partial charge in [-0.15, -0.1) is 0 Å². The minimum absolute atomic E-state index is 0.178. The van der Waals surface area contributed by atoms with E-state index in [4.69, 9.17) is 30.0 Å². The van der Waals surface area contributed by atoms with Gasteiger partial charge >= 0.3 is 15.5 Å². The number of ether oxygens (including phenoxy) is 2. The third-order valence-corrected chi connectivity index (χ3v) is 9.72. The SMILES string of the molecule is Nc1nc2c(ncn2C2OC3CNP(=O)(O)OC4C(CNP(=O)(O)OC3C2F)OC(n2cnc3c(=O)[nH]c(N)nc32)C4F)c(=O)[nH]1. The number of nitrogens with one attached hydrogen (secondary N) is 4. The van der Waals surface area contributed by atoms with Gasteiger partial charge in [-0.05, 0) is 0 Å². The van der Waals surface area contributed by atoms with Crippen molar-refractivity contribution in [1.29, 1.82) is 0 Å². The molecule has 0 bridgehead atoms. The van der Waals surface area contributed by atoms with Crippen LogP contribution in [0.5, 0.6) is 0 Å². The fourth-order valence-corrected chi connectivity index (χ4v) is 7.62. The average Bonchev–Trinajstić information content (AvgIpc) is 3.72. The average molecular weight is 692 g/mol. The number of aromatic amines is 2. The van der Waals surface area contributed by atoms with Gasteiger partial charge in [-0.2, -0.15) is 9.97 Å². The molecule has 0 saturated carbocycles. The van der Waals surface area contributed by atoms with Crippen LogP contribution in [0.3, 0.4) is 0 Å². The maximum Gasteiger partial charge on any atom is 0.403 e. The van der Waals surface area contributed by atoms with Crippen LogP contribution >= 0.6 is 15.5 Å². The van der Waals surface area contributed by atoms with Gasteiger partial charge in [0.05, 0.1) is 12.7 Å². The number of anilines is 2. The molecule has 0 spiro atoms. The molecule has 0 aromatic carbocycles. The van der Waals surface area contributed by atoms with Crippen LogP contribution in [-0.2, 0) is 27.7 Å². The second kappa shape index (κ2) is 10.9. The lowest BCUT2D eigenvalue weighted by Gasteiger charge is -2.28. The number of hydrogen-bond donors (Lipinski definition) is 8. The lowest BCUT2D eigenvalue weighted by molar-refractivity contribution is -0.0243. The number of nitrogens with two attached hydrogens (primary N) is 2. The van der Waals surface area contributed by atoms with E-state index >= 15 is 8.78 Å². The van der Waals surface area contributed by atoms with Crippen LogP contribution < -0.4 is 32.8 Å². The first-order valence-electron chi connectivity index (χ1n) is 13.3. The normalized spacial score (nSPS) is 37.1. The predicted molar refractivity (Wildman–Crippen MR) is 148 cm³/mol. The minimum atomic E-state index is -4.94. The summed E-state index contributed by atoms with van der Waals surface area (Å²) in [5, 5.41) is 4.28. The minimum Gasteiger partial charge on any atom is -0.369 e. The molecule has 10 atom stereocenters. The highest BCUT2D eigenvalue weighted by Gasteiger charge is 2.54. The molecule has 0 aliphatic carbocycles. The molecule has 22 nitrogen and oxygen atoms in total. The maximum absolute atomic E-state index is 15.9. The first-order chi connectivity index (χ1) is 21.7. The molecule has 10 unspecified atom stereocenters. The highest BCUT2D eigenvalue weighted by molar-refractivity contribution is 7.50. The number of H-pyrrole nitrogens is 2. The molecule has 46 heavy (non-hydrogen) atoms. The van der Waals surface area contributed by atoms with Crippen molar-refractivity contribution in [3.05, 3.63) is 33.4 Å². The third kappa shape index (κ3) is 5.31. The van der Waals surface area contributed by atoms with E-state index in [1.807, 2.05) is 0 Å². The van der Waals surface area contributed by atoms with E-state index in [1.165, 1.54) is 0 Å². The van der Waals surface area contributed by atoms with Crippen molar-refractivity contribution in [2.45, 2.75) is 49.2 Å². The van der Waals surface area contributed by atoms with Gasteiger partial charge < -0.3 is 30.7 Å². The summed E-state index contributed by atoms with van der Waals surface area (Å²) in [7, 11) is -9.88. The molecule has 10 N–H and O–H groups in total. The molecular formula is C20H24F2N12O10P2. The zero-order chi connectivity index (χ0) is 32.7. The highest BCUT2D eigenvalue weighted by Crippen LogP contribution is 2.50. The van der Waals surface area contributed by atoms with Crippen LogP contribution in [0.4, 0.5) is 20.7 Å². The highest BCUT2D eigenvalue weighted by atomic mass is 31.2. The topological polar surface area (TPSA) is 315 Å². The first-order valence-corrected chi connectivity index (χ1v) is 16.4. The standard InChI is InChI=1S/C20H24F2N12O10P2/c21-7-11-5(41-17(7)33-3-25-9-13(33)29-19(23)31-15(9)35)1-27-45(37,38)44-12-6(2-28-46(39,40)43-11)42-18(8(12)22)34-4-26-10-14(34)30-20(24)32-16(10)36/h3-8,11-12,17-18H,1-2H2,(H2,27,37,38)(H2,28,39,40)(H3,23,29,31,35)(H3,24,30,32,36). The molecule has 248 valence electrons. The van der Waals surface area contributed by atoms with Crippen molar-refractivity contribution >= 4 is 49.7 Å². The van der Waals surface area contributed by atoms with Crippen LogP contribution in [0, 0.1) is 0 Å². The van der Waals surface area contributed by atoms with Gasteiger partial charge in [-0.3, -0.25) is 37.7 Å². The molecule has 7 heterocycles. The zero-order valence-electron chi connectivity index (χ0n) is 22.8. The second-order valence-corrected chi connectivity index (χ2v) is 13.6. The number of aromatic nitrogens is 8. The Labute approximate surface area is 252 Å². The van der Waals surface area contributed by atoms with Crippen LogP contribution in [0.15, 0.2) is 22.2 Å². The van der Waals surface area contributed by atoms with Crippen LogP contribution in [0.1, 0.15) is 12.5 Å². The van der Waals surface area contributed by atoms with E-state index < -0.39 is 88.9 Å². The molecule has 26 heteroatoms. The first kappa shape index (κ1) is 30.9. The summed E-state index contributed by atoms with van der Waals surface area (Å²) in [4.78, 5) is 65.8. The van der Waals surface area contributed by atoms with Crippen molar-refractivity contribution in [2.24, 2.45) is 0 Å². The molecule has 4 aromatic rings. The largest absolute Gasteiger partial charge is 0.403 e.